The molecule has 0 radical (unpaired) electrons. The molecule has 1 amide bonds. The molecule has 0 aliphatic rings. The molecule has 0 aromatic heterocycles. The molecular weight excluding hydrogens is 326 g/mol. The number of carbonyl (C=O) groups is 1. The molecule has 0 aliphatic carbocycles. The van der Waals surface area contributed by atoms with E-state index in [0.717, 1.165) is 32.6 Å². The van der Waals surface area contributed by atoms with Gasteiger partial charge in [-0.1, -0.05) is 30.3 Å². The molecule has 0 saturated carbocycles. The van der Waals surface area contributed by atoms with Crippen LogP contribution in [0.3, 0.4) is 0 Å². The molecule has 3 N–H and O–H groups in total. The summed E-state index contributed by atoms with van der Waals surface area (Å²) in [6.45, 7) is 11.5. The average molecular weight is 362 g/mol. The van der Waals surface area contributed by atoms with Crippen molar-refractivity contribution in [2.24, 2.45) is 4.99 Å². The number of benzene rings is 1. The summed E-state index contributed by atoms with van der Waals surface area (Å²) in [5, 5.41) is 9.38. The minimum absolute atomic E-state index is 0.0719. The van der Waals surface area contributed by atoms with Gasteiger partial charge in [-0.25, -0.2) is 4.99 Å². The molecule has 0 spiro atoms. The van der Waals surface area contributed by atoms with E-state index in [2.05, 4.69) is 57.2 Å². The van der Waals surface area contributed by atoms with Crippen LogP contribution in [0.15, 0.2) is 35.3 Å². The van der Waals surface area contributed by atoms with E-state index >= 15 is 0 Å². The monoisotopic (exact) mass is 361 g/mol. The molecule has 146 valence electrons. The van der Waals surface area contributed by atoms with Gasteiger partial charge in [-0.2, -0.15) is 0 Å². The molecule has 0 saturated heterocycles. The highest BCUT2D eigenvalue weighted by Crippen LogP contribution is 2.02. The molecule has 0 bridgehead atoms. The Morgan fingerprint density at radius 3 is 2.46 bits per heavy atom. The molecule has 0 unspecified atom stereocenters. The quantitative estimate of drug-likeness (QED) is 0.357. The Labute approximate surface area is 158 Å². The van der Waals surface area contributed by atoms with Crippen molar-refractivity contribution < 1.29 is 4.79 Å². The maximum atomic E-state index is 11.9. The van der Waals surface area contributed by atoms with Crippen molar-refractivity contribution in [3.05, 3.63) is 35.9 Å². The summed E-state index contributed by atoms with van der Waals surface area (Å²) in [7, 11) is 2.13. The predicted molar refractivity (Wildman–Crippen MR) is 109 cm³/mol. The summed E-state index contributed by atoms with van der Waals surface area (Å²) in [5.41, 5.74) is 1.09. The van der Waals surface area contributed by atoms with E-state index < -0.39 is 0 Å². The van der Waals surface area contributed by atoms with Gasteiger partial charge >= 0.3 is 0 Å². The van der Waals surface area contributed by atoms with Crippen molar-refractivity contribution in [1.29, 1.82) is 0 Å². The van der Waals surface area contributed by atoms with Crippen molar-refractivity contribution in [1.82, 2.24) is 20.9 Å². The molecule has 6 heteroatoms. The van der Waals surface area contributed by atoms with E-state index in [-0.39, 0.29) is 18.0 Å². The second kappa shape index (κ2) is 11.5. The summed E-state index contributed by atoms with van der Waals surface area (Å²) >= 11 is 0. The van der Waals surface area contributed by atoms with Crippen molar-refractivity contribution in [3.8, 4) is 0 Å². The summed E-state index contributed by atoms with van der Waals surface area (Å²) in [4.78, 5) is 18.5. The van der Waals surface area contributed by atoms with E-state index in [1.54, 1.807) is 0 Å². The number of amides is 1. The molecule has 1 aromatic rings. The van der Waals surface area contributed by atoms with Crippen molar-refractivity contribution >= 4 is 11.9 Å². The van der Waals surface area contributed by atoms with E-state index in [9.17, 15) is 4.79 Å². The zero-order chi connectivity index (χ0) is 19.4. The van der Waals surface area contributed by atoms with Crippen LogP contribution in [-0.2, 0) is 11.3 Å². The number of nitrogens with zero attached hydrogens (tertiary/aromatic N) is 2. The zero-order valence-corrected chi connectivity index (χ0v) is 16.9. The predicted octanol–water partition coefficient (Wildman–Crippen LogP) is 1.98. The van der Waals surface area contributed by atoms with Gasteiger partial charge in [0.1, 0.15) is 6.54 Å². The van der Waals surface area contributed by atoms with Gasteiger partial charge in [-0.15, -0.1) is 0 Å². The summed E-state index contributed by atoms with van der Waals surface area (Å²) in [6, 6.07) is 10.5. The highest BCUT2D eigenvalue weighted by molar-refractivity contribution is 5.85. The smallest absolute Gasteiger partial charge is 0.242 e. The number of guanidine groups is 1. The molecule has 0 fully saturated rings. The third-order valence-corrected chi connectivity index (χ3v) is 3.54. The zero-order valence-electron chi connectivity index (χ0n) is 16.9. The number of hydrogen-bond donors (Lipinski definition) is 3. The summed E-state index contributed by atoms with van der Waals surface area (Å²) in [5.74, 6) is 0.611. The van der Waals surface area contributed by atoms with Crippen molar-refractivity contribution in [2.75, 3.05) is 33.2 Å². The Hall–Kier alpha value is -2.08. The number of aliphatic imine (C=N–C) groups is 1. The van der Waals surface area contributed by atoms with Crippen LogP contribution in [0, 0.1) is 0 Å². The fraction of sp³-hybridized carbons (Fsp3) is 0.600. The van der Waals surface area contributed by atoms with Crippen LogP contribution in [0.4, 0.5) is 0 Å². The Bertz CT molecular complexity index is 551. The highest BCUT2D eigenvalue weighted by Gasteiger charge is 2.13. The fourth-order valence-corrected chi connectivity index (χ4v) is 2.48. The maximum absolute atomic E-state index is 11.9. The molecule has 26 heavy (non-hydrogen) atoms. The molecule has 0 heterocycles. The van der Waals surface area contributed by atoms with Crippen LogP contribution in [-0.4, -0.2) is 55.5 Å². The Kier molecular flexibility index (Phi) is 9.73. The average Bonchev–Trinajstić information content (AvgIpc) is 2.55. The first-order valence-electron chi connectivity index (χ1n) is 9.36. The van der Waals surface area contributed by atoms with Crippen molar-refractivity contribution in [2.45, 2.75) is 46.2 Å². The lowest BCUT2D eigenvalue weighted by molar-refractivity contribution is -0.121. The molecule has 1 aromatic carbocycles. The minimum atomic E-state index is -0.234. The van der Waals surface area contributed by atoms with Gasteiger partial charge in [0, 0.05) is 25.2 Å². The number of rotatable bonds is 9. The topological polar surface area (TPSA) is 68.8 Å². The van der Waals surface area contributed by atoms with Crippen LogP contribution in [0.2, 0.25) is 0 Å². The molecular formula is C20H35N5O. The van der Waals surface area contributed by atoms with E-state index in [1.165, 1.54) is 5.56 Å². The molecule has 0 atom stereocenters. The normalized spacial score (nSPS) is 12.2. The molecule has 0 aliphatic heterocycles. The van der Waals surface area contributed by atoms with Gasteiger partial charge in [0.05, 0.1) is 0 Å². The first-order chi connectivity index (χ1) is 12.3. The molecule has 6 nitrogen and oxygen atoms in total. The van der Waals surface area contributed by atoms with Crippen LogP contribution < -0.4 is 16.0 Å². The van der Waals surface area contributed by atoms with Gasteiger partial charge in [-0.05, 0) is 53.3 Å². The maximum Gasteiger partial charge on any atom is 0.242 e. The second-order valence-electron chi connectivity index (χ2n) is 7.50. The second-order valence-corrected chi connectivity index (χ2v) is 7.50. The van der Waals surface area contributed by atoms with E-state index in [0.29, 0.717) is 5.96 Å². The SMILES string of the molecule is CCNC(=NCC(=O)NC(C)(C)C)NCCCN(C)Cc1ccccc1. The largest absolute Gasteiger partial charge is 0.357 e. The minimum Gasteiger partial charge on any atom is -0.357 e. The van der Waals surface area contributed by atoms with Gasteiger partial charge in [0.15, 0.2) is 5.96 Å². The van der Waals surface area contributed by atoms with E-state index in [1.807, 2.05) is 33.8 Å². The Morgan fingerprint density at radius 1 is 1.15 bits per heavy atom. The third-order valence-electron chi connectivity index (χ3n) is 3.54. The standard InChI is InChI=1S/C20H35N5O/c1-6-21-19(23-15-18(26)24-20(2,3)4)22-13-10-14-25(5)16-17-11-8-7-9-12-17/h7-9,11-12H,6,10,13-16H2,1-5H3,(H,24,26)(H2,21,22,23). The van der Waals surface area contributed by atoms with Gasteiger partial charge in [0.2, 0.25) is 5.91 Å². The molecule has 1 rings (SSSR count). The van der Waals surface area contributed by atoms with E-state index in [4.69, 9.17) is 0 Å². The van der Waals surface area contributed by atoms with Gasteiger partial charge < -0.3 is 20.9 Å². The lowest BCUT2D eigenvalue weighted by atomic mass is 10.1. The lowest BCUT2D eigenvalue weighted by Crippen LogP contribution is -2.43. The Morgan fingerprint density at radius 2 is 1.85 bits per heavy atom. The third kappa shape index (κ3) is 10.7. The van der Waals surface area contributed by atoms with Gasteiger partial charge in [-0.3, -0.25) is 4.79 Å². The summed E-state index contributed by atoms with van der Waals surface area (Å²) in [6.07, 6.45) is 1.00. The highest BCUT2D eigenvalue weighted by atomic mass is 16.2. The van der Waals surface area contributed by atoms with Gasteiger partial charge in [0.25, 0.3) is 0 Å². The van der Waals surface area contributed by atoms with Crippen LogP contribution >= 0.6 is 0 Å². The lowest BCUT2D eigenvalue weighted by Gasteiger charge is -2.20. The summed E-state index contributed by atoms with van der Waals surface area (Å²) < 4.78 is 0. The first-order valence-corrected chi connectivity index (χ1v) is 9.36. The van der Waals surface area contributed by atoms with Crippen LogP contribution in [0.5, 0.6) is 0 Å². The van der Waals surface area contributed by atoms with Crippen LogP contribution in [0.1, 0.15) is 39.7 Å². The number of carbonyl (C=O) groups excluding carboxylic acids is 1. The van der Waals surface area contributed by atoms with Crippen LogP contribution in [0.25, 0.3) is 0 Å². The van der Waals surface area contributed by atoms with Crippen molar-refractivity contribution in [3.63, 3.8) is 0 Å². The first kappa shape index (κ1) is 22.0. The fourth-order valence-electron chi connectivity index (χ4n) is 2.48. The number of nitrogens with one attached hydrogen (secondary N) is 3. The number of hydrogen-bond acceptors (Lipinski definition) is 3. The Balaban J connectivity index is 2.32.